The molecule has 1 fully saturated rings. The Morgan fingerprint density at radius 2 is 2.23 bits per heavy atom. The van der Waals surface area contributed by atoms with Crippen molar-refractivity contribution in [1.29, 1.82) is 0 Å². The molecule has 0 heterocycles. The van der Waals surface area contributed by atoms with Gasteiger partial charge < -0.3 is 0 Å². The van der Waals surface area contributed by atoms with Gasteiger partial charge in [-0.3, -0.25) is 0 Å². The second kappa shape index (κ2) is 3.37. The number of rotatable bonds is 3. The van der Waals surface area contributed by atoms with Crippen molar-refractivity contribution in [2.75, 3.05) is 0 Å². The summed E-state index contributed by atoms with van der Waals surface area (Å²) >= 11 is 0. The van der Waals surface area contributed by atoms with Gasteiger partial charge in [-0.1, -0.05) is 37.8 Å². The summed E-state index contributed by atoms with van der Waals surface area (Å²) in [5.74, 6) is 0.856. The highest BCUT2D eigenvalue weighted by Crippen LogP contribution is 2.42. The van der Waals surface area contributed by atoms with E-state index in [1.54, 1.807) is 5.56 Å². The lowest BCUT2D eigenvalue weighted by atomic mass is 9.96. The summed E-state index contributed by atoms with van der Waals surface area (Å²) < 4.78 is 0. The molecule has 0 saturated heterocycles. The summed E-state index contributed by atoms with van der Waals surface area (Å²) in [6, 6.07) is 6.60. The Hall–Kier alpha value is -1.04. The molecular weight excluding hydrogens is 156 g/mol. The third-order valence-corrected chi connectivity index (χ3v) is 2.84. The first-order valence-electron chi connectivity index (χ1n) is 5.11. The minimum atomic E-state index is 0.856. The van der Waals surface area contributed by atoms with Gasteiger partial charge in [-0.15, -0.1) is 0 Å². The van der Waals surface area contributed by atoms with Gasteiger partial charge in [0.25, 0.3) is 0 Å². The van der Waals surface area contributed by atoms with Gasteiger partial charge in [0.1, 0.15) is 0 Å². The fourth-order valence-electron chi connectivity index (χ4n) is 2.00. The molecule has 1 aromatic rings. The average Bonchev–Trinajstić information content (AvgIpc) is 2.99. The molecule has 0 heteroatoms. The van der Waals surface area contributed by atoms with Gasteiger partial charge in [0.2, 0.25) is 0 Å². The number of hydrogen-bond donors (Lipinski definition) is 0. The predicted octanol–water partition coefficient (Wildman–Crippen LogP) is 3.77. The Morgan fingerprint density at radius 1 is 1.46 bits per heavy atom. The highest BCUT2D eigenvalue weighted by Gasteiger charge is 2.25. The SMILES string of the molecule is C=Cc1cccc(C2CC2)c1CC. The highest BCUT2D eigenvalue weighted by atomic mass is 14.3. The first-order valence-corrected chi connectivity index (χ1v) is 5.11. The van der Waals surface area contributed by atoms with Crippen LogP contribution in [0.15, 0.2) is 24.8 Å². The van der Waals surface area contributed by atoms with Crippen LogP contribution in [-0.2, 0) is 6.42 Å². The first kappa shape index (κ1) is 8.55. The maximum absolute atomic E-state index is 3.86. The van der Waals surface area contributed by atoms with Crippen molar-refractivity contribution in [1.82, 2.24) is 0 Å². The minimum absolute atomic E-state index is 0.856. The van der Waals surface area contributed by atoms with Crippen LogP contribution < -0.4 is 0 Å². The van der Waals surface area contributed by atoms with E-state index >= 15 is 0 Å². The van der Waals surface area contributed by atoms with Crippen LogP contribution in [-0.4, -0.2) is 0 Å². The van der Waals surface area contributed by atoms with E-state index in [-0.39, 0.29) is 0 Å². The summed E-state index contributed by atoms with van der Waals surface area (Å²) in [7, 11) is 0. The number of hydrogen-bond acceptors (Lipinski definition) is 0. The molecule has 68 valence electrons. The average molecular weight is 172 g/mol. The van der Waals surface area contributed by atoms with Gasteiger partial charge in [0.05, 0.1) is 0 Å². The largest absolute Gasteiger partial charge is 0.0985 e. The van der Waals surface area contributed by atoms with Crippen LogP contribution in [0.4, 0.5) is 0 Å². The van der Waals surface area contributed by atoms with Crippen molar-refractivity contribution in [2.24, 2.45) is 0 Å². The summed E-state index contributed by atoms with van der Waals surface area (Å²) in [5.41, 5.74) is 4.41. The van der Waals surface area contributed by atoms with Gasteiger partial charge in [-0.05, 0) is 41.9 Å². The molecule has 0 amide bonds. The van der Waals surface area contributed by atoms with E-state index in [0.29, 0.717) is 0 Å². The second-order valence-electron chi connectivity index (χ2n) is 3.75. The topological polar surface area (TPSA) is 0 Å². The maximum atomic E-state index is 3.86. The molecule has 0 spiro atoms. The molecule has 1 aliphatic rings. The molecule has 0 unspecified atom stereocenters. The van der Waals surface area contributed by atoms with Crippen molar-refractivity contribution in [3.05, 3.63) is 41.5 Å². The van der Waals surface area contributed by atoms with Crippen LogP contribution in [0.2, 0.25) is 0 Å². The molecule has 0 atom stereocenters. The van der Waals surface area contributed by atoms with E-state index in [1.165, 1.54) is 24.0 Å². The summed E-state index contributed by atoms with van der Waals surface area (Å²) in [6.45, 7) is 6.09. The molecule has 1 aromatic carbocycles. The van der Waals surface area contributed by atoms with Gasteiger partial charge in [0.15, 0.2) is 0 Å². The minimum Gasteiger partial charge on any atom is -0.0985 e. The zero-order valence-electron chi connectivity index (χ0n) is 8.22. The van der Waals surface area contributed by atoms with E-state index in [2.05, 4.69) is 31.7 Å². The zero-order chi connectivity index (χ0) is 9.26. The third kappa shape index (κ3) is 1.53. The monoisotopic (exact) mass is 172 g/mol. The molecule has 0 N–H and O–H groups in total. The van der Waals surface area contributed by atoms with Gasteiger partial charge in [0, 0.05) is 0 Å². The molecule has 0 bridgehead atoms. The van der Waals surface area contributed by atoms with Crippen LogP contribution in [0.25, 0.3) is 6.08 Å². The molecule has 0 aromatic heterocycles. The van der Waals surface area contributed by atoms with Crippen molar-refractivity contribution < 1.29 is 0 Å². The van der Waals surface area contributed by atoms with E-state index < -0.39 is 0 Å². The quantitative estimate of drug-likeness (QED) is 0.651. The van der Waals surface area contributed by atoms with E-state index in [4.69, 9.17) is 0 Å². The molecule has 1 aliphatic carbocycles. The lowest BCUT2D eigenvalue weighted by molar-refractivity contribution is 1.02. The summed E-state index contributed by atoms with van der Waals surface area (Å²) in [6.07, 6.45) is 5.87. The maximum Gasteiger partial charge on any atom is -0.0159 e. The Kier molecular flexibility index (Phi) is 2.22. The van der Waals surface area contributed by atoms with Crippen LogP contribution in [0.1, 0.15) is 42.4 Å². The predicted molar refractivity (Wildman–Crippen MR) is 57.9 cm³/mol. The summed E-state index contributed by atoms with van der Waals surface area (Å²) in [4.78, 5) is 0. The van der Waals surface area contributed by atoms with Crippen molar-refractivity contribution in [3.63, 3.8) is 0 Å². The molecule has 1 saturated carbocycles. The first-order chi connectivity index (χ1) is 6.36. The lowest BCUT2D eigenvalue weighted by Gasteiger charge is -2.09. The van der Waals surface area contributed by atoms with Crippen LogP contribution >= 0.6 is 0 Å². The number of benzene rings is 1. The molecule has 0 aliphatic heterocycles. The molecule has 0 nitrogen and oxygen atoms in total. The van der Waals surface area contributed by atoms with E-state index in [0.717, 1.165) is 12.3 Å². The summed E-state index contributed by atoms with van der Waals surface area (Å²) in [5, 5.41) is 0. The highest BCUT2D eigenvalue weighted by molar-refractivity contribution is 5.55. The molecule has 13 heavy (non-hydrogen) atoms. The zero-order valence-corrected chi connectivity index (χ0v) is 8.22. The Bertz CT molecular complexity index is 319. The lowest BCUT2D eigenvalue weighted by Crippen LogP contribution is -1.93. The normalized spacial score (nSPS) is 15.8. The standard InChI is InChI=1S/C13H16/c1-3-10-6-5-7-13(11-8-9-11)12(10)4-2/h3,5-7,11H,1,4,8-9H2,2H3. The van der Waals surface area contributed by atoms with Crippen molar-refractivity contribution in [3.8, 4) is 0 Å². The fourth-order valence-corrected chi connectivity index (χ4v) is 2.00. The van der Waals surface area contributed by atoms with Crippen molar-refractivity contribution in [2.45, 2.75) is 32.1 Å². The molecule has 0 radical (unpaired) electrons. The van der Waals surface area contributed by atoms with Crippen LogP contribution in [0.5, 0.6) is 0 Å². The Morgan fingerprint density at radius 3 is 2.77 bits per heavy atom. The Labute approximate surface area is 80.3 Å². The van der Waals surface area contributed by atoms with Crippen molar-refractivity contribution >= 4 is 6.08 Å². The van der Waals surface area contributed by atoms with Crippen LogP contribution in [0, 0.1) is 0 Å². The van der Waals surface area contributed by atoms with E-state index in [9.17, 15) is 0 Å². The molecular formula is C13H16. The van der Waals surface area contributed by atoms with Gasteiger partial charge in [-0.2, -0.15) is 0 Å². The second-order valence-corrected chi connectivity index (χ2v) is 3.75. The molecule has 2 rings (SSSR count). The van der Waals surface area contributed by atoms with Gasteiger partial charge in [-0.25, -0.2) is 0 Å². The van der Waals surface area contributed by atoms with E-state index in [1.807, 2.05) is 6.08 Å². The van der Waals surface area contributed by atoms with Gasteiger partial charge >= 0.3 is 0 Å². The Balaban J connectivity index is 2.47. The van der Waals surface area contributed by atoms with Crippen LogP contribution in [0.3, 0.4) is 0 Å². The fraction of sp³-hybridized carbons (Fsp3) is 0.385. The smallest absolute Gasteiger partial charge is 0.0159 e. The third-order valence-electron chi connectivity index (χ3n) is 2.84.